The summed E-state index contributed by atoms with van der Waals surface area (Å²) in [5, 5.41) is 2.94. The van der Waals surface area contributed by atoms with Gasteiger partial charge in [-0.25, -0.2) is 0 Å². The van der Waals surface area contributed by atoms with Gasteiger partial charge in [0.2, 0.25) is 5.91 Å². The SMILES string of the molecule is CC(C)COCCC(=O)NCc1ccc(CN2CCOCC2)cc1. The minimum absolute atomic E-state index is 0.0381. The van der Waals surface area contributed by atoms with Crippen molar-refractivity contribution in [1.29, 1.82) is 0 Å². The lowest BCUT2D eigenvalue weighted by Crippen LogP contribution is -2.35. The highest BCUT2D eigenvalue weighted by atomic mass is 16.5. The van der Waals surface area contributed by atoms with E-state index in [0.29, 0.717) is 32.1 Å². The summed E-state index contributed by atoms with van der Waals surface area (Å²) in [5.41, 5.74) is 2.42. The van der Waals surface area contributed by atoms with Crippen LogP contribution < -0.4 is 5.32 Å². The molecule has 0 unspecified atom stereocenters. The summed E-state index contributed by atoms with van der Waals surface area (Å²) >= 11 is 0. The summed E-state index contributed by atoms with van der Waals surface area (Å²) in [6.45, 7) is 10.6. The number of amides is 1. The van der Waals surface area contributed by atoms with E-state index in [1.807, 2.05) is 0 Å². The number of benzene rings is 1. The van der Waals surface area contributed by atoms with Gasteiger partial charge >= 0.3 is 0 Å². The Kier molecular flexibility index (Phi) is 8.22. The van der Waals surface area contributed by atoms with Crippen LogP contribution in [0.4, 0.5) is 0 Å². The molecule has 1 aliphatic rings. The Balaban J connectivity index is 1.64. The highest BCUT2D eigenvalue weighted by molar-refractivity contribution is 5.75. The molecule has 5 heteroatoms. The van der Waals surface area contributed by atoms with E-state index in [1.54, 1.807) is 0 Å². The smallest absolute Gasteiger partial charge is 0.222 e. The van der Waals surface area contributed by atoms with Gasteiger partial charge in [-0.3, -0.25) is 9.69 Å². The van der Waals surface area contributed by atoms with Crippen molar-refractivity contribution in [1.82, 2.24) is 10.2 Å². The maximum Gasteiger partial charge on any atom is 0.222 e. The average molecular weight is 334 g/mol. The van der Waals surface area contributed by atoms with Gasteiger partial charge in [-0.05, 0) is 17.0 Å². The number of rotatable bonds is 9. The van der Waals surface area contributed by atoms with Crippen LogP contribution in [0.1, 0.15) is 31.4 Å². The molecule has 0 saturated carbocycles. The van der Waals surface area contributed by atoms with Gasteiger partial charge in [-0.15, -0.1) is 0 Å². The molecule has 1 N–H and O–H groups in total. The van der Waals surface area contributed by atoms with Gasteiger partial charge < -0.3 is 14.8 Å². The molecule has 1 aromatic rings. The Morgan fingerprint density at radius 3 is 2.54 bits per heavy atom. The van der Waals surface area contributed by atoms with Crippen LogP contribution in [0.25, 0.3) is 0 Å². The van der Waals surface area contributed by atoms with Crippen LogP contribution in [0.5, 0.6) is 0 Å². The molecule has 1 amide bonds. The normalized spacial score (nSPS) is 15.6. The zero-order valence-electron chi connectivity index (χ0n) is 14.9. The molecule has 1 heterocycles. The van der Waals surface area contributed by atoms with Crippen LogP contribution in [-0.2, 0) is 27.4 Å². The molecular formula is C19H30N2O3. The molecule has 1 aromatic carbocycles. The van der Waals surface area contributed by atoms with Crippen LogP contribution in [0.2, 0.25) is 0 Å². The summed E-state index contributed by atoms with van der Waals surface area (Å²) in [4.78, 5) is 14.2. The van der Waals surface area contributed by atoms with E-state index < -0.39 is 0 Å². The molecule has 1 aliphatic heterocycles. The predicted octanol–water partition coefficient (Wildman–Crippen LogP) is 2.20. The van der Waals surface area contributed by atoms with E-state index in [-0.39, 0.29) is 5.91 Å². The molecule has 134 valence electrons. The topological polar surface area (TPSA) is 50.8 Å². The lowest BCUT2D eigenvalue weighted by molar-refractivity contribution is -0.122. The van der Waals surface area contributed by atoms with Crippen molar-refractivity contribution in [2.45, 2.75) is 33.4 Å². The molecule has 2 rings (SSSR count). The van der Waals surface area contributed by atoms with Crippen LogP contribution in [-0.4, -0.2) is 50.3 Å². The second-order valence-corrected chi connectivity index (χ2v) is 6.70. The lowest BCUT2D eigenvalue weighted by Gasteiger charge is -2.26. The van der Waals surface area contributed by atoms with E-state index in [1.165, 1.54) is 5.56 Å². The summed E-state index contributed by atoms with van der Waals surface area (Å²) in [5.74, 6) is 0.542. The van der Waals surface area contributed by atoms with Gasteiger partial charge in [0.05, 0.1) is 19.8 Å². The maximum atomic E-state index is 11.8. The molecule has 24 heavy (non-hydrogen) atoms. The summed E-state index contributed by atoms with van der Waals surface area (Å²) in [6, 6.07) is 8.46. The lowest BCUT2D eigenvalue weighted by atomic mass is 10.1. The minimum Gasteiger partial charge on any atom is -0.381 e. The third-order valence-electron chi connectivity index (χ3n) is 3.95. The monoisotopic (exact) mass is 334 g/mol. The number of hydrogen-bond donors (Lipinski definition) is 1. The first-order valence-corrected chi connectivity index (χ1v) is 8.86. The van der Waals surface area contributed by atoms with Crippen molar-refractivity contribution in [3.63, 3.8) is 0 Å². The minimum atomic E-state index is 0.0381. The standard InChI is InChI=1S/C19H30N2O3/c1-16(2)15-24-10-7-19(22)20-13-17-3-5-18(6-4-17)14-21-8-11-23-12-9-21/h3-6,16H,7-15H2,1-2H3,(H,20,22). The van der Waals surface area contributed by atoms with Gasteiger partial charge in [0.15, 0.2) is 0 Å². The van der Waals surface area contributed by atoms with E-state index in [4.69, 9.17) is 9.47 Å². The summed E-state index contributed by atoms with van der Waals surface area (Å²) < 4.78 is 10.8. The van der Waals surface area contributed by atoms with Crippen LogP contribution in [0.3, 0.4) is 0 Å². The number of hydrogen-bond acceptors (Lipinski definition) is 4. The molecule has 0 atom stereocenters. The number of carbonyl (C=O) groups is 1. The first kappa shape index (κ1) is 18.9. The molecule has 0 aromatic heterocycles. The first-order valence-electron chi connectivity index (χ1n) is 8.86. The Bertz CT molecular complexity index is 482. The first-order chi connectivity index (χ1) is 11.6. The fourth-order valence-corrected chi connectivity index (χ4v) is 2.55. The van der Waals surface area contributed by atoms with Crippen molar-refractivity contribution in [2.24, 2.45) is 5.92 Å². The summed E-state index contributed by atoms with van der Waals surface area (Å²) in [7, 11) is 0. The average Bonchev–Trinajstić information content (AvgIpc) is 2.59. The van der Waals surface area contributed by atoms with Crippen LogP contribution in [0, 0.1) is 5.92 Å². The second-order valence-electron chi connectivity index (χ2n) is 6.70. The van der Waals surface area contributed by atoms with Crippen molar-refractivity contribution in [3.05, 3.63) is 35.4 Å². The Morgan fingerprint density at radius 1 is 1.21 bits per heavy atom. The van der Waals surface area contributed by atoms with E-state index in [0.717, 1.165) is 38.4 Å². The van der Waals surface area contributed by atoms with Crippen molar-refractivity contribution in [2.75, 3.05) is 39.5 Å². The third kappa shape index (κ3) is 7.43. The molecule has 5 nitrogen and oxygen atoms in total. The van der Waals surface area contributed by atoms with E-state index in [2.05, 4.69) is 48.3 Å². The Hall–Kier alpha value is -1.43. The molecular weight excluding hydrogens is 304 g/mol. The Labute approximate surface area is 145 Å². The number of ether oxygens (including phenoxy) is 2. The van der Waals surface area contributed by atoms with E-state index >= 15 is 0 Å². The molecule has 0 radical (unpaired) electrons. The zero-order valence-corrected chi connectivity index (χ0v) is 14.9. The summed E-state index contributed by atoms with van der Waals surface area (Å²) in [6.07, 6.45) is 0.418. The van der Waals surface area contributed by atoms with Crippen LogP contribution in [0.15, 0.2) is 24.3 Å². The molecule has 0 spiro atoms. The van der Waals surface area contributed by atoms with Gasteiger partial charge in [0.1, 0.15) is 0 Å². The fraction of sp³-hybridized carbons (Fsp3) is 0.632. The van der Waals surface area contributed by atoms with Crippen molar-refractivity contribution < 1.29 is 14.3 Å². The molecule has 0 aliphatic carbocycles. The quantitative estimate of drug-likeness (QED) is 0.704. The number of carbonyl (C=O) groups excluding carboxylic acids is 1. The number of nitrogens with one attached hydrogen (secondary N) is 1. The number of morpholine rings is 1. The van der Waals surface area contributed by atoms with Gasteiger partial charge in [-0.2, -0.15) is 0 Å². The van der Waals surface area contributed by atoms with Crippen molar-refractivity contribution >= 4 is 5.91 Å². The van der Waals surface area contributed by atoms with Gasteiger partial charge in [0.25, 0.3) is 0 Å². The zero-order chi connectivity index (χ0) is 17.2. The van der Waals surface area contributed by atoms with E-state index in [9.17, 15) is 4.79 Å². The molecule has 0 bridgehead atoms. The third-order valence-corrected chi connectivity index (χ3v) is 3.95. The fourth-order valence-electron chi connectivity index (χ4n) is 2.55. The van der Waals surface area contributed by atoms with Gasteiger partial charge in [0, 0.05) is 39.2 Å². The van der Waals surface area contributed by atoms with Crippen molar-refractivity contribution in [3.8, 4) is 0 Å². The Morgan fingerprint density at radius 2 is 1.88 bits per heavy atom. The maximum absolute atomic E-state index is 11.8. The largest absolute Gasteiger partial charge is 0.381 e. The predicted molar refractivity (Wildman–Crippen MR) is 94.7 cm³/mol. The molecule has 1 fully saturated rings. The highest BCUT2D eigenvalue weighted by Crippen LogP contribution is 2.09. The second kappa shape index (κ2) is 10.4. The van der Waals surface area contributed by atoms with Crippen LogP contribution >= 0.6 is 0 Å². The molecule has 1 saturated heterocycles. The van der Waals surface area contributed by atoms with Gasteiger partial charge in [-0.1, -0.05) is 38.1 Å². The number of nitrogens with zero attached hydrogens (tertiary/aromatic N) is 1. The highest BCUT2D eigenvalue weighted by Gasteiger charge is 2.10.